The van der Waals surface area contributed by atoms with E-state index in [0.29, 0.717) is 11.1 Å². The quantitative estimate of drug-likeness (QED) is 0.647. The Balaban J connectivity index is 0.000000220. The summed E-state index contributed by atoms with van der Waals surface area (Å²) in [6, 6.07) is 8.00. The molecule has 2 N–H and O–H groups in total. The standard InChI is InChI=1S/2C7H7NO3/c2*1-5-2-3-6(8(10)11)4-7(5)9/h2*2-4,9H,1H3. The average molecular weight is 306 g/mol. The van der Waals surface area contributed by atoms with Gasteiger partial charge in [-0.15, -0.1) is 0 Å². The van der Waals surface area contributed by atoms with Crippen LogP contribution in [0.25, 0.3) is 0 Å². The third-order valence-corrected chi connectivity index (χ3v) is 2.81. The molecule has 0 aliphatic heterocycles. The first kappa shape index (κ1) is 16.9. The van der Waals surface area contributed by atoms with E-state index in [2.05, 4.69) is 0 Å². The minimum absolute atomic E-state index is 0.0424. The van der Waals surface area contributed by atoms with E-state index in [4.69, 9.17) is 10.2 Å². The molecule has 0 unspecified atom stereocenters. The molecule has 2 aromatic rings. The van der Waals surface area contributed by atoms with Crippen molar-refractivity contribution in [2.45, 2.75) is 13.8 Å². The fourth-order valence-electron chi connectivity index (χ4n) is 1.42. The predicted octanol–water partition coefficient (Wildman–Crippen LogP) is 3.22. The van der Waals surface area contributed by atoms with Crippen molar-refractivity contribution in [1.29, 1.82) is 0 Å². The number of benzene rings is 2. The maximum absolute atomic E-state index is 10.2. The zero-order valence-corrected chi connectivity index (χ0v) is 11.9. The molecule has 2 aromatic carbocycles. The Kier molecular flexibility index (Phi) is 5.39. The first-order chi connectivity index (χ1) is 10.2. The minimum Gasteiger partial charge on any atom is -0.507 e. The van der Waals surface area contributed by atoms with E-state index in [1.165, 1.54) is 24.3 Å². The highest BCUT2D eigenvalue weighted by atomic mass is 16.6. The minimum atomic E-state index is -0.542. The van der Waals surface area contributed by atoms with Crippen molar-refractivity contribution in [3.63, 3.8) is 0 Å². The van der Waals surface area contributed by atoms with Crippen molar-refractivity contribution in [2.24, 2.45) is 0 Å². The van der Waals surface area contributed by atoms with Gasteiger partial charge in [-0.2, -0.15) is 0 Å². The molecule has 116 valence electrons. The SMILES string of the molecule is Cc1ccc([N+](=O)[O-])cc1O.Cc1ccc([N+](=O)[O-])cc1O. The van der Waals surface area contributed by atoms with Gasteiger partial charge in [0.25, 0.3) is 11.4 Å². The second-order valence-electron chi connectivity index (χ2n) is 4.46. The summed E-state index contributed by atoms with van der Waals surface area (Å²) in [5.41, 5.74) is 1.09. The largest absolute Gasteiger partial charge is 0.507 e. The van der Waals surface area contributed by atoms with Crippen molar-refractivity contribution >= 4 is 11.4 Å². The molecule has 0 aliphatic carbocycles. The Morgan fingerprint density at radius 2 is 1.09 bits per heavy atom. The van der Waals surface area contributed by atoms with Crippen molar-refractivity contribution in [3.05, 3.63) is 67.8 Å². The van der Waals surface area contributed by atoms with Crippen LogP contribution < -0.4 is 0 Å². The number of nitro benzene ring substituents is 2. The van der Waals surface area contributed by atoms with Crippen LogP contribution in [0.2, 0.25) is 0 Å². The van der Waals surface area contributed by atoms with Crippen molar-refractivity contribution < 1.29 is 20.1 Å². The van der Waals surface area contributed by atoms with Crippen molar-refractivity contribution in [2.75, 3.05) is 0 Å². The summed E-state index contributed by atoms with van der Waals surface area (Å²) in [7, 11) is 0. The lowest BCUT2D eigenvalue weighted by Crippen LogP contribution is -1.87. The molecule has 22 heavy (non-hydrogen) atoms. The van der Waals surface area contributed by atoms with Gasteiger partial charge >= 0.3 is 0 Å². The van der Waals surface area contributed by atoms with E-state index in [9.17, 15) is 20.2 Å². The Morgan fingerprint density at radius 1 is 0.773 bits per heavy atom. The number of aryl methyl sites for hydroxylation is 2. The summed E-state index contributed by atoms with van der Waals surface area (Å²) in [5.74, 6) is -0.0848. The second-order valence-corrected chi connectivity index (χ2v) is 4.46. The number of phenols is 2. The summed E-state index contributed by atoms with van der Waals surface area (Å²) in [6.45, 7) is 3.36. The lowest BCUT2D eigenvalue weighted by atomic mass is 10.2. The van der Waals surface area contributed by atoms with Crippen LogP contribution in [0.5, 0.6) is 11.5 Å². The van der Waals surface area contributed by atoms with Crippen LogP contribution in [0.4, 0.5) is 11.4 Å². The summed E-state index contributed by atoms with van der Waals surface area (Å²) in [5, 5.41) is 38.4. The number of nitro groups is 2. The summed E-state index contributed by atoms with van der Waals surface area (Å²) < 4.78 is 0. The van der Waals surface area contributed by atoms with E-state index in [1.54, 1.807) is 13.8 Å². The summed E-state index contributed by atoms with van der Waals surface area (Å²) in [4.78, 5) is 19.2. The maximum Gasteiger partial charge on any atom is 0.273 e. The zero-order chi connectivity index (χ0) is 16.9. The first-order valence-corrected chi connectivity index (χ1v) is 6.10. The molecule has 0 heterocycles. The number of rotatable bonds is 2. The molecular weight excluding hydrogens is 292 g/mol. The van der Waals surface area contributed by atoms with Gasteiger partial charge in [0.15, 0.2) is 0 Å². The highest BCUT2D eigenvalue weighted by molar-refractivity contribution is 5.43. The number of non-ortho nitro benzene ring substituents is 2. The van der Waals surface area contributed by atoms with Crippen LogP contribution in [-0.4, -0.2) is 20.1 Å². The second kappa shape index (κ2) is 7.02. The van der Waals surface area contributed by atoms with E-state index in [0.717, 1.165) is 12.1 Å². The number of nitrogens with zero attached hydrogens (tertiary/aromatic N) is 2. The molecule has 0 saturated carbocycles. The van der Waals surface area contributed by atoms with Gasteiger partial charge in [0.2, 0.25) is 0 Å². The smallest absolute Gasteiger partial charge is 0.273 e. The van der Waals surface area contributed by atoms with Crippen LogP contribution >= 0.6 is 0 Å². The first-order valence-electron chi connectivity index (χ1n) is 6.10. The molecule has 8 heteroatoms. The van der Waals surface area contributed by atoms with Gasteiger partial charge in [0.05, 0.1) is 22.0 Å². The van der Waals surface area contributed by atoms with Gasteiger partial charge in [0, 0.05) is 12.1 Å². The molecule has 0 bridgehead atoms. The monoisotopic (exact) mass is 306 g/mol. The summed E-state index contributed by atoms with van der Waals surface area (Å²) in [6.07, 6.45) is 0. The third kappa shape index (κ3) is 4.44. The lowest BCUT2D eigenvalue weighted by Gasteiger charge is -1.95. The van der Waals surface area contributed by atoms with Gasteiger partial charge in [0.1, 0.15) is 11.5 Å². The highest BCUT2D eigenvalue weighted by Gasteiger charge is 2.07. The molecule has 0 amide bonds. The van der Waals surface area contributed by atoms with Crippen molar-refractivity contribution in [3.8, 4) is 11.5 Å². The summed E-state index contributed by atoms with van der Waals surface area (Å²) >= 11 is 0. The Bertz CT molecular complexity index is 653. The molecule has 0 aromatic heterocycles. The van der Waals surface area contributed by atoms with Crippen LogP contribution in [0.3, 0.4) is 0 Å². The molecule has 0 spiro atoms. The zero-order valence-electron chi connectivity index (χ0n) is 11.9. The molecule has 0 radical (unpaired) electrons. The number of hydrogen-bond acceptors (Lipinski definition) is 6. The Hall–Kier alpha value is -3.16. The molecule has 8 nitrogen and oxygen atoms in total. The highest BCUT2D eigenvalue weighted by Crippen LogP contribution is 2.22. The number of phenolic OH excluding ortho intramolecular Hbond substituents is 2. The fourth-order valence-corrected chi connectivity index (χ4v) is 1.42. The van der Waals surface area contributed by atoms with E-state index in [1.807, 2.05) is 0 Å². The van der Waals surface area contributed by atoms with Gasteiger partial charge in [-0.1, -0.05) is 0 Å². The molecule has 0 saturated heterocycles. The van der Waals surface area contributed by atoms with E-state index in [-0.39, 0.29) is 22.9 Å². The fraction of sp³-hybridized carbons (Fsp3) is 0.143. The normalized spacial score (nSPS) is 9.55. The average Bonchev–Trinajstić information content (AvgIpc) is 2.45. The van der Waals surface area contributed by atoms with Gasteiger partial charge in [-0.05, 0) is 37.1 Å². The van der Waals surface area contributed by atoms with Gasteiger partial charge in [-0.25, -0.2) is 0 Å². The van der Waals surface area contributed by atoms with Crippen LogP contribution in [0, 0.1) is 34.1 Å². The van der Waals surface area contributed by atoms with E-state index >= 15 is 0 Å². The molecular formula is C14H14N2O6. The van der Waals surface area contributed by atoms with Crippen molar-refractivity contribution in [1.82, 2.24) is 0 Å². The topological polar surface area (TPSA) is 127 Å². The molecule has 0 aliphatic rings. The Morgan fingerprint density at radius 3 is 1.32 bits per heavy atom. The maximum atomic E-state index is 10.2. The van der Waals surface area contributed by atoms with Crippen LogP contribution in [0.1, 0.15) is 11.1 Å². The number of hydrogen-bond donors (Lipinski definition) is 2. The third-order valence-electron chi connectivity index (χ3n) is 2.81. The van der Waals surface area contributed by atoms with E-state index < -0.39 is 9.85 Å². The number of aromatic hydroxyl groups is 2. The molecule has 0 fully saturated rings. The lowest BCUT2D eigenvalue weighted by molar-refractivity contribution is -0.385. The van der Waals surface area contributed by atoms with Gasteiger partial charge in [-0.3, -0.25) is 20.2 Å². The predicted molar refractivity (Wildman–Crippen MR) is 79.0 cm³/mol. The Labute approximate surface area is 125 Å². The van der Waals surface area contributed by atoms with Crippen LogP contribution in [0.15, 0.2) is 36.4 Å². The molecule has 0 atom stereocenters. The van der Waals surface area contributed by atoms with Gasteiger partial charge < -0.3 is 10.2 Å². The van der Waals surface area contributed by atoms with Crippen LogP contribution in [-0.2, 0) is 0 Å². The molecule has 2 rings (SSSR count).